The number of hydrogen-bond acceptors (Lipinski definition) is 2. The average Bonchev–Trinajstić information content (AvgIpc) is 2.81. The lowest BCUT2D eigenvalue weighted by Crippen LogP contribution is -1.94. The summed E-state index contributed by atoms with van der Waals surface area (Å²) in [4.78, 5) is 1.45. The number of methoxy groups -OCH3 is 1. The minimum Gasteiger partial charge on any atom is -0.497 e. The first-order valence-corrected chi connectivity index (χ1v) is 7.36. The van der Waals surface area contributed by atoms with Crippen LogP contribution in [-0.4, -0.2) is 7.11 Å². The molecular weight excluding hydrogens is 240 g/mol. The van der Waals surface area contributed by atoms with Crippen LogP contribution >= 0.6 is 11.3 Å². The normalized spacial score (nSPS) is 16.3. The Hall–Kier alpha value is -1.28. The highest BCUT2D eigenvalue weighted by atomic mass is 32.1. The third kappa shape index (κ3) is 2.05. The van der Waals surface area contributed by atoms with Gasteiger partial charge in [0.15, 0.2) is 0 Å². The van der Waals surface area contributed by atoms with Crippen LogP contribution in [0.15, 0.2) is 29.8 Å². The number of benzene rings is 1. The molecule has 0 fully saturated rings. The van der Waals surface area contributed by atoms with Crippen LogP contribution in [0.5, 0.6) is 5.75 Å². The third-order valence-electron chi connectivity index (χ3n) is 3.77. The van der Waals surface area contributed by atoms with Gasteiger partial charge in [0.05, 0.1) is 7.11 Å². The van der Waals surface area contributed by atoms with Crippen molar-refractivity contribution in [1.82, 2.24) is 0 Å². The predicted molar refractivity (Wildman–Crippen MR) is 79.4 cm³/mol. The molecule has 18 heavy (non-hydrogen) atoms. The first-order valence-electron chi connectivity index (χ1n) is 6.54. The molecule has 1 heterocycles. The maximum atomic E-state index is 5.29. The van der Waals surface area contributed by atoms with Crippen LogP contribution in [0, 0.1) is 0 Å². The zero-order valence-corrected chi connectivity index (χ0v) is 11.8. The van der Waals surface area contributed by atoms with Gasteiger partial charge in [0.1, 0.15) is 5.75 Å². The van der Waals surface area contributed by atoms with Crippen LogP contribution in [-0.2, 0) is 0 Å². The average molecular weight is 258 g/mol. The number of ether oxygens (including phenoxy) is 1. The molecule has 2 heteroatoms. The lowest BCUT2D eigenvalue weighted by molar-refractivity contribution is 0.415. The van der Waals surface area contributed by atoms with Crippen molar-refractivity contribution in [3.63, 3.8) is 0 Å². The topological polar surface area (TPSA) is 9.23 Å². The van der Waals surface area contributed by atoms with E-state index in [1.54, 1.807) is 18.3 Å². The van der Waals surface area contributed by atoms with Crippen molar-refractivity contribution in [3.8, 4) is 5.75 Å². The van der Waals surface area contributed by atoms with Crippen molar-refractivity contribution in [3.05, 3.63) is 34.7 Å². The van der Waals surface area contributed by atoms with Crippen molar-refractivity contribution >= 4 is 27.0 Å². The molecule has 94 valence electrons. The summed E-state index contributed by atoms with van der Waals surface area (Å²) in [6.07, 6.45) is 5.21. The fourth-order valence-electron chi connectivity index (χ4n) is 2.68. The van der Waals surface area contributed by atoms with Gasteiger partial charge in [0.25, 0.3) is 0 Å². The summed E-state index contributed by atoms with van der Waals surface area (Å²) >= 11 is 1.90. The molecule has 0 bridgehead atoms. The van der Waals surface area contributed by atoms with Crippen LogP contribution in [0.1, 0.15) is 37.5 Å². The molecule has 0 N–H and O–H groups in total. The largest absolute Gasteiger partial charge is 0.497 e. The standard InChI is InChI=1S/C16H18OS/c1-11-5-3-4-6-14(11)16-9-12-7-8-13(17-2)10-15(12)18-16/h7-10H,3-6H2,1-2H3. The third-order valence-corrected chi connectivity index (χ3v) is 4.93. The molecule has 3 rings (SSSR count). The van der Waals surface area contributed by atoms with Crippen molar-refractivity contribution in [2.24, 2.45) is 0 Å². The highest BCUT2D eigenvalue weighted by Gasteiger charge is 2.13. The highest BCUT2D eigenvalue weighted by molar-refractivity contribution is 7.20. The maximum Gasteiger partial charge on any atom is 0.120 e. The Morgan fingerprint density at radius 2 is 1.94 bits per heavy atom. The molecule has 1 aliphatic rings. The summed E-state index contributed by atoms with van der Waals surface area (Å²) in [5, 5.41) is 1.33. The van der Waals surface area contributed by atoms with E-state index >= 15 is 0 Å². The zero-order valence-electron chi connectivity index (χ0n) is 11.0. The number of fused-ring (bicyclic) bond motifs is 1. The molecule has 0 atom stereocenters. The van der Waals surface area contributed by atoms with Crippen LogP contribution in [0.25, 0.3) is 15.7 Å². The Labute approximate surface area is 112 Å². The maximum absolute atomic E-state index is 5.29. The van der Waals surface area contributed by atoms with Crippen LogP contribution in [0.4, 0.5) is 0 Å². The van der Waals surface area contributed by atoms with E-state index in [9.17, 15) is 0 Å². The van der Waals surface area contributed by atoms with Crippen LogP contribution in [0.2, 0.25) is 0 Å². The molecule has 0 saturated heterocycles. The lowest BCUT2D eigenvalue weighted by atomic mass is 9.92. The Balaban J connectivity index is 2.08. The summed E-state index contributed by atoms with van der Waals surface area (Å²) in [6, 6.07) is 8.68. The SMILES string of the molecule is COc1ccc2cc(C3=C(C)CCCC3)sc2c1. The summed E-state index contributed by atoms with van der Waals surface area (Å²) in [6.45, 7) is 2.29. The van der Waals surface area contributed by atoms with E-state index in [0.717, 1.165) is 5.75 Å². The van der Waals surface area contributed by atoms with Crippen molar-refractivity contribution < 1.29 is 4.74 Å². The summed E-state index contributed by atoms with van der Waals surface area (Å²) in [5.41, 5.74) is 3.17. The molecule has 0 saturated carbocycles. The molecule has 2 aromatic rings. The Bertz CT molecular complexity index is 607. The molecule has 0 spiro atoms. The Kier molecular flexibility index (Phi) is 3.13. The monoisotopic (exact) mass is 258 g/mol. The number of rotatable bonds is 2. The fraction of sp³-hybridized carbons (Fsp3) is 0.375. The van der Waals surface area contributed by atoms with Gasteiger partial charge < -0.3 is 4.74 Å². The van der Waals surface area contributed by atoms with E-state index in [1.165, 1.54) is 40.6 Å². The van der Waals surface area contributed by atoms with Gasteiger partial charge in [-0.25, -0.2) is 0 Å². The van der Waals surface area contributed by atoms with Gasteiger partial charge in [0, 0.05) is 9.58 Å². The van der Waals surface area contributed by atoms with E-state index in [1.807, 2.05) is 17.4 Å². The Morgan fingerprint density at radius 3 is 2.72 bits per heavy atom. The summed E-state index contributed by atoms with van der Waals surface area (Å²) in [7, 11) is 1.73. The number of allylic oxidation sites excluding steroid dienone is 2. The molecule has 1 nitrogen and oxygen atoms in total. The van der Waals surface area contributed by atoms with E-state index in [2.05, 4.69) is 25.1 Å². The first-order chi connectivity index (χ1) is 8.78. The van der Waals surface area contributed by atoms with Gasteiger partial charge in [-0.05, 0) is 67.8 Å². The number of hydrogen-bond donors (Lipinski definition) is 0. The number of thiophene rings is 1. The van der Waals surface area contributed by atoms with Crippen molar-refractivity contribution in [2.45, 2.75) is 32.6 Å². The van der Waals surface area contributed by atoms with Crippen molar-refractivity contribution in [2.75, 3.05) is 7.11 Å². The minimum atomic E-state index is 0.949. The Morgan fingerprint density at radius 1 is 1.11 bits per heavy atom. The quantitative estimate of drug-likeness (QED) is 0.714. The van der Waals surface area contributed by atoms with E-state index in [-0.39, 0.29) is 0 Å². The van der Waals surface area contributed by atoms with Gasteiger partial charge in [-0.15, -0.1) is 11.3 Å². The lowest BCUT2D eigenvalue weighted by Gasteiger charge is -2.16. The molecular formula is C16H18OS. The molecule has 0 unspecified atom stereocenters. The smallest absolute Gasteiger partial charge is 0.120 e. The molecule has 1 aromatic carbocycles. The van der Waals surface area contributed by atoms with E-state index < -0.39 is 0 Å². The summed E-state index contributed by atoms with van der Waals surface area (Å²) in [5.74, 6) is 0.949. The fourth-order valence-corrected chi connectivity index (χ4v) is 3.92. The van der Waals surface area contributed by atoms with E-state index in [0.29, 0.717) is 0 Å². The molecule has 0 aliphatic heterocycles. The van der Waals surface area contributed by atoms with Gasteiger partial charge in [-0.1, -0.05) is 5.57 Å². The second-order valence-corrected chi connectivity index (χ2v) is 6.06. The van der Waals surface area contributed by atoms with E-state index in [4.69, 9.17) is 4.74 Å². The second-order valence-electron chi connectivity index (χ2n) is 4.98. The van der Waals surface area contributed by atoms with Crippen LogP contribution in [0.3, 0.4) is 0 Å². The van der Waals surface area contributed by atoms with Gasteiger partial charge >= 0.3 is 0 Å². The van der Waals surface area contributed by atoms with Gasteiger partial charge in [-0.2, -0.15) is 0 Å². The first kappa shape index (κ1) is 11.8. The summed E-state index contributed by atoms with van der Waals surface area (Å²) < 4.78 is 6.62. The molecule has 0 radical (unpaired) electrons. The second kappa shape index (κ2) is 4.77. The van der Waals surface area contributed by atoms with Gasteiger partial charge in [0.2, 0.25) is 0 Å². The molecule has 1 aromatic heterocycles. The molecule has 0 amide bonds. The highest BCUT2D eigenvalue weighted by Crippen LogP contribution is 2.39. The van der Waals surface area contributed by atoms with Gasteiger partial charge in [-0.3, -0.25) is 0 Å². The zero-order chi connectivity index (χ0) is 12.5. The predicted octanol–water partition coefficient (Wildman–Crippen LogP) is 5.26. The van der Waals surface area contributed by atoms with Crippen LogP contribution < -0.4 is 4.74 Å². The van der Waals surface area contributed by atoms with Crippen molar-refractivity contribution in [1.29, 1.82) is 0 Å². The minimum absolute atomic E-state index is 0.949. The molecule has 1 aliphatic carbocycles.